The van der Waals surface area contributed by atoms with Crippen molar-refractivity contribution in [2.45, 2.75) is 96.2 Å². The molecule has 2 aliphatic rings. The molecule has 13 nitrogen and oxygen atoms in total. The lowest BCUT2D eigenvalue weighted by Gasteiger charge is -2.29. The summed E-state index contributed by atoms with van der Waals surface area (Å²) in [7, 11) is 3.14. The number of nitrogens with zero attached hydrogens (tertiary/aromatic N) is 5. The third-order valence-electron chi connectivity index (χ3n) is 10.5. The Morgan fingerprint density at radius 1 is 0.983 bits per heavy atom. The Labute approximate surface area is 348 Å². The minimum atomic E-state index is -0.704. The Balaban J connectivity index is 1.15. The number of pyridine rings is 3. The van der Waals surface area contributed by atoms with Crippen molar-refractivity contribution in [1.29, 1.82) is 0 Å². The van der Waals surface area contributed by atoms with Crippen LogP contribution in [0.5, 0.6) is 11.6 Å². The summed E-state index contributed by atoms with van der Waals surface area (Å²) in [6.07, 6.45) is 9.45. The third-order valence-corrected chi connectivity index (χ3v) is 11.2. The first kappa shape index (κ1) is 41.2. The zero-order chi connectivity index (χ0) is 41.1. The molecule has 0 spiro atoms. The molecule has 3 N–H and O–H groups in total. The second-order valence-electron chi connectivity index (χ2n) is 15.9. The van der Waals surface area contributed by atoms with Gasteiger partial charge < -0.3 is 39.3 Å². The molecule has 5 aromatic rings. The summed E-state index contributed by atoms with van der Waals surface area (Å²) in [6.45, 7) is 6.47. The molecule has 5 heterocycles. The number of ether oxygens (including phenoxy) is 3. The number of fused-ring (bicyclic) bond motifs is 1. The Hall–Kier alpha value is -4.95. The standard InChI is InChI=1S/C43H49Cl2N7O6/c1-43(2,3)58-42(55)52(23-28-12-16-36(54)48-28)21-25-9-15-34(50-41(25)57-5)33-8-6-7-31(37(33)44)32-17-18-46-39(38(32)45)26-19-35(56-4)40-49-29(24-51(40)22-26)20-47-27-10-13-30(53)14-11-27/h6-9,15,17-19,22,24,27-28,30,47,53H,10-14,16,20-21,23H2,1-5H3,(H,48,54)/t27?,28-,30?/m0/s1. The Kier molecular flexibility index (Phi) is 12.4. The van der Waals surface area contributed by atoms with Crippen molar-refractivity contribution >= 4 is 40.8 Å². The van der Waals surface area contributed by atoms with E-state index in [1.165, 1.54) is 7.11 Å². The van der Waals surface area contributed by atoms with E-state index in [4.69, 9.17) is 47.4 Å². The van der Waals surface area contributed by atoms with E-state index in [2.05, 4.69) is 15.6 Å². The van der Waals surface area contributed by atoms with Gasteiger partial charge in [0.05, 0.1) is 54.0 Å². The second-order valence-corrected chi connectivity index (χ2v) is 16.6. The number of hydrogen-bond donors (Lipinski definition) is 3. The highest BCUT2D eigenvalue weighted by Gasteiger charge is 2.30. The van der Waals surface area contributed by atoms with Gasteiger partial charge in [0.15, 0.2) is 11.4 Å². The minimum Gasteiger partial charge on any atom is -0.493 e. The van der Waals surface area contributed by atoms with Gasteiger partial charge in [0.25, 0.3) is 0 Å². The van der Waals surface area contributed by atoms with Crippen molar-refractivity contribution in [1.82, 2.24) is 34.9 Å². The van der Waals surface area contributed by atoms with Gasteiger partial charge in [0, 0.05) is 78.0 Å². The van der Waals surface area contributed by atoms with E-state index >= 15 is 0 Å². The van der Waals surface area contributed by atoms with Gasteiger partial charge in [0.2, 0.25) is 11.8 Å². The fraction of sp³-hybridized carbons (Fsp3) is 0.419. The van der Waals surface area contributed by atoms with Crippen LogP contribution in [-0.4, -0.2) is 85.9 Å². The van der Waals surface area contributed by atoms with Crippen molar-refractivity contribution in [2.75, 3.05) is 20.8 Å². The molecular weight excluding hydrogens is 781 g/mol. The maximum absolute atomic E-state index is 13.3. The van der Waals surface area contributed by atoms with Gasteiger partial charge in [-0.2, -0.15) is 0 Å². The first-order valence-corrected chi connectivity index (χ1v) is 20.3. The number of aliphatic hydroxyl groups excluding tert-OH is 1. The number of aromatic nitrogens is 4. The molecule has 1 atom stereocenters. The predicted molar refractivity (Wildman–Crippen MR) is 223 cm³/mol. The number of carbonyl (C=O) groups is 2. The third kappa shape index (κ3) is 9.33. The van der Waals surface area contributed by atoms with Gasteiger partial charge in [0.1, 0.15) is 5.60 Å². The van der Waals surface area contributed by atoms with E-state index in [1.54, 1.807) is 18.2 Å². The lowest BCUT2D eigenvalue weighted by atomic mass is 9.93. The summed E-state index contributed by atoms with van der Waals surface area (Å²) < 4.78 is 19.2. The molecule has 0 bridgehead atoms. The number of amides is 2. The fourth-order valence-corrected chi connectivity index (χ4v) is 8.18. The first-order chi connectivity index (χ1) is 27.8. The molecule has 1 aromatic carbocycles. The van der Waals surface area contributed by atoms with Crippen LogP contribution in [-0.2, 0) is 22.6 Å². The largest absolute Gasteiger partial charge is 0.493 e. The number of aliphatic hydroxyl groups is 1. The molecule has 1 aliphatic heterocycles. The topological polar surface area (TPSA) is 152 Å². The van der Waals surface area contributed by atoms with Gasteiger partial charge in [-0.05, 0) is 77.1 Å². The average molecular weight is 831 g/mol. The van der Waals surface area contributed by atoms with E-state index in [0.717, 1.165) is 36.9 Å². The number of hydrogen-bond acceptors (Lipinski definition) is 10. The molecule has 4 aromatic heterocycles. The Bertz CT molecular complexity index is 2300. The Morgan fingerprint density at radius 3 is 2.45 bits per heavy atom. The molecule has 1 saturated heterocycles. The molecule has 2 amide bonds. The summed E-state index contributed by atoms with van der Waals surface area (Å²) in [4.78, 5) is 41.2. The molecular formula is C43H49Cl2N7O6. The molecule has 2 fully saturated rings. The molecule has 1 aliphatic carbocycles. The SMILES string of the molecule is COc1nc(-c2cccc(-c3ccnc(-c4cc(OC)c5nc(CNC6CCC(O)CC6)cn5c4)c3Cl)c2Cl)ccc1CN(C[C@@H]1CCC(=O)N1)C(=O)OC(C)(C)C. The predicted octanol–water partition coefficient (Wildman–Crippen LogP) is 7.86. The molecule has 306 valence electrons. The van der Waals surface area contributed by atoms with Gasteiger partial charge in [-0.15, -0.1) is 0 Å². The van der Waals surface area contributed by atoms with Crippen LogP contribution in [0.1, 0.15) is 70.6 Å². The molecule has 58 heavy (non-hydrogen) atoms. The van der Waals surface area contributed by atoms with Crippen molar-refractivity contribution < 1.29 is 28.9 Å². The van der Waals surface area contributed by atoms with Crippen LogP contribution in [0, 0.1) is 0 Å². The zero-order valence-corrected chi connectivity index (χ0v) is 34.9. The second kappa shape index (κ2) is 17.5. The van der Waals surface area contributed by atoms with Crippen molar-refractivity contribution in [3.63, 3.8) is 0 Å². The number of imidazole rings is 1. The normalized spacial score (nSPS) is 18.3. The highest BCUT2D eigenvalue weighted by Crippen LogP contribution is 2.42. The van der Waals surface area contributed by atoms with Crippen LogP contribution in [0.25, 0.3) is 39.3 Å². The number of rotatable bonds is 12. The van der Waals surface area contributed by atoms with Gasteiger partial charge in [-0.25, -0.2) is 14.8 Å². The number of benzene rings is 1. The van der Waals surface area contributed by atoms with E-state index in [9.17, 15) is 14.7 Å². The highest BCUT2D eigenvalue weighted by molar-refractivity contribution is 6.39. The van der Waals surface area contributed by atoms with Crippen LogP contribution in [0.2, 0.25) is 10.0 Å². The Morgan fingerprint density at radius 2 is 1.74 bits per heavy atom. The van der Waals surface area contributed by atoms with Crippen LogP contribution < -0.4 is 20.1 Å². The lowest BCUT2D eigenvalue weighted by Crippen LogP contribution is -2.43. The van der Waals surface area contributed by atoms with Gasteiger partial charge >= 0.3 is 6.09 Å². The average Bonchev–Trinajstić information content (AvgIpc) is 3.82. The first-order valence-electron chi connectivity index (χ1n) is 19.5. The van der Waals surface area contributed by atoms with E-state index < -0.39 is 11.7 Å². The van der Waals surface area contributed by atoms with E-state index in [0.29, 0.717) is 86.4 Å². The number of carbonyl (C=O) groups excluding carboxylic acids is 2. The molecule has 15 heteroatoms. The quantitative estimate of drug-likeness (QED) is 0.113. The smallest absolute Gasteiger partial charge is 0.410 e. The summed E-state index contributed by atoms with van der Waals surface area (Å²) in [6, 6.07) is 13.2. The summed E-state index contributed by atoms with van der Waals surface area (Å²) in [5, 5.41) is 17.2. The van der Waals surface area contributed by atoms with Crippen molar-refractivity contribution in [3.8, 4) is 45.3 Å². The fourth-order valence-electron chi connectivity index (χ4n) is 7.53. The van der Waals surface area contributed by atoms with E-state index in [-0.39, 0.29) is 31.1 Å². The lowest BCUT2D eigenvalue weighted by molar-refractivity contribution is -0.119. The van der Waals surface area contributed by atoms with Crippen LogP contribution in [0.15, 0.2) is 61.1 Å². The number of nitrogens with one attached hydrogen (secondary N) is 2. The molecule has 7 rings (SSSR count). The van der Waals surface area contributed by atoms with Gasteiger partial charge in [-0.1, -0.05) is 41.4 Å². The zero-order valence-electron chi connectivity index (χ0n) is 33.3. The van der Waals surface area contributed by atoms with Crippen LogP contribution in [0.4, 0.5) is 4.79 Å². The van der Waals surface area contributed by atoms with Crippen molar-refractivity contribution in [3.05, 3.63) is 82.4 Å². The van der Waals surface area contributed by atoms with Crippen LogP contribution >= 0.6 is 23.2 Å². The van der Waals surface area contributed by atoms with Gasteiger partial charge in [-0.3, -0.25) is 9.78 Å². The summed E-state index contributed by atoms with van der Waals surface area (Å²) in [5.41, 5.74) is 5.38. The minimum absolute atomic E-state index is 0.0342. The molecule has 0 unspecified atom stereocenters. The van der Waals surface area contributed by atoms with E-state index in [1.807, 2.05) is 80.0 Å². The summed E-state index contributed by atoms with van der Waals surface area (Å²) >= 11 is 14.4. The number of halogens is 2. The maximum atomic E-state index is 13.3. The molecule has 1 saturated carbocycles. The van der Waals surface area contributed by atoms with Crippen LogP contribution in [0.3, 0.4) is 0 Å². The van der Waals surface area contributed by atoms with Crippen molar-refractivity contribution in [2.24, 2.45) is 0 Å². The monoisotopic (exact) mass is 829 g/mol. The molecule has 0 radical (unpaired) electrons. The summed E-state index contributed by atoms with van der Waals surface area (Å²) in [5.74, 6) is 0.868. The highest BCUT2D eigenvalue weighted by atomic mass is 35.5. The maximum Gasteiger partial charge on any atom is 0.410 e. The number of methoxy groups -OCH3 is 2.